The van der Waals surface area contributed by atoms with Gasteiger partial charge in [-0.25, -0.2) is 0 Å². The highest BCUT2D eigenvalue weighted by Gasteiger charge is 2.33. The first-order valence-electron chi connectivity index (χ1n) is 10.3. The van der Waals surface area contributed by atoms with Crippen LogP contribution in [0.4, 0.5) is 0 Å². The summed E-state index contributed by atoms with van der Waals surface area (Å²) in [5.41, 5.74) is 1.94. The van der Waals surface area contributed by atoms with E-state index >= 15 is 0 Å². The van der Waals surface area contributed by atoms with Crippen molar-refractivity contribution in [3.8, 4) is 0 Å². The van der Waals surface area contributed by atoms with Gasteiger partial charge in [0.15, 0.2) is 0 Å². The molecule has 4 rings (SSSR count). The molecule has 0 radical (unpaired) electrons. The molecule has 1 N–H and O–H groups in total. The minimum atomic E-state index is -0.862. The second-order valence-corrected chi connectivity index (χ2v) is 7.24. The van der Waals surface area contributed by atoms with Crippen LogP contribution in [0.1, 0.15) is 33.4 Å². The molecular formula is C26H23N3O3. The van der Waals surface area contributed by atoms with Gasteiger partial charge < -0.3 is 14.6 Å². The number of benzene rings is 2. The van der Waals surface area contributed by atoms with Crippen molar-refractivity contribution < 1.29 is 14.0 Å². The van der Waals surface area contributed by atoms with Crippen molar-refractivity contribution >= 4 is 11.8 Å². The number of hydrogen-bond acceptors (Lipinski definition) is 4. The Morgan fingerprint density at radius 1 is 0.875 bits per heavy atom. The maximum atomic E-state index is 13.5. The third-order valence-corrected chi connectivity index (χ3v) is 5.04. The first-order valence-corrected chi connectivity index (χ1v) is 10.3. The van der Waals surface area contributed by atoms with Gasteiger partial charge in [0.25, 0.3) is 5.91 Å². The molecule has 32 heavy (non-hydrogen) atoms. The largest absolute Gasteiger partial charge is 0.467 e. The fourth-order valence-electron chi connectivity index (χ4n) is 3.48. The summed E-state index contributed by atoms with van der Waals surface area (Å²) in [6.45, 7) is 0.482. The molecule has 160 valence electrons. The number of carbonyl (C=O) groups excluding carboxylic acids is 2. The Labute approximate surface area is 186 Å². The van der Waals surface area contributed by atoms with Crippen molar-refractivity contribution in [2.75, 3.05) is 0 Å². The summed E-state index contributed by atoms with van der Waals surface area (Å²) in [7, 11) is 0. The van der Waals surface area contributed by atoms with E-state index in [-0.39, 0.29) is 24.1 Å². The van der Waals surface area contributed by atoms with E-state index < -0.39 is 6.04 Å². The molecule has 2 aromatic heterocycles. The van der Waals surface area contributed by atoms with Gasteiger partial charge in [-0.15, -0.1) is 0 Å². The zero-order valence-corrected chi connectivity index (χ0v) is 17.4. The number of rotatable bonds is 8. The number of carbonyl (C=O) groups is 2. The Bertz CT molecular complexity index is 1130. The lowest BCUT2D eigenvalue weighted by Gasteiger charge is -2.30. The van der Waals surface area contributed by atoms with Gasteiger partial charge in [-0.2, -0.15) is 0 Å². The van der Waals surface area contributed by atoms with Gasteiger partial charge >= 0.3 is 0 Å². The minimum absolute atomic E-state index is 0.126. The van der Waals surface area contributed by atoms with Gasteiger partial charge in [-0.1, -0.05) is 66.7 Å². The van der Waals surface area contributed by atoms with E-state index in [4.69, 9.17) is 4.42 Å². The van der Waals surface area contributed by atoms with Crippen molar-refractivity contribution in [3.05, 3.63) is 126 Å². The maximum absolute atomic E-state index is 13.5. The molecule has 0 bridgehead atoms. The lowest BCUT2D eigenvalue weighted by Crippen LogP contribution is -2.43. The predicted molar refractivity (Wildman–Crippen MR) is 120 cm³/mol. The molecule has 0 fully saturated rings. The number of amides is 2. The molecule has 0 saturated carbocycles. The van der Waals surface area contributed by atoms with Crippen LogP contribution in [0.2, 0.25) is 0 Å². The van der Waals surface area contributed by atoms with E-state index in [2.05, 4.69) is 10.3 Å². The Morgan fingerprint density at radius 2 is 1.59 bits per heavy atom. The van der Waals surface area contributed by atoms with Gasteiger partial charge in [0.2, 0.25) is 5.91 Å². The van der Waals surface area contributed by atoms with Crippen LogP contribution in [0.3, 0.4) is 0 Å². The molecule has 0 saturated heterocycles. The van der Waals surface area contributed by atoms with E-state index in [0.29, 0.717) is 17.9 Å². The second-order valence-electron chi connectivity index (χ2n) is 7.24. The topological polar surface area (TPSA) is 75.4 Å². The van der Waals surface area contributed by atoms with Gasteiger partial charge in [-0.05, 0) is 35.4 Å². The maximum Gasteiger partial charge on any atom is 0.273 e. The Kier molecular flexibility index (Phi) is 6.72. The molecule has 6 nitrogen and oxygen atoms in total. The lowest BCUT2D eigenvalue weighted by atomic mass is 10.0. The molecule has 2 amide bonds. The molecule has 0 unspecified atom stereocenters. The van der Waals surface area contributed by atoms with Crippen LogP contribution in [-0.2, 0) is 17.9 Å². The highest BCUT2D eigenvalue weighted by atomic mass is 16.3. The fraction of sp³-hybridized carbons (Fsp3) is 0.115. The predicted octanol–water partition coefficient (Wildman–Crippen LogP) is 4.37. The normalized spacial score (nSPS) is 11.5. The zero-order chi connectivity index (χ0) is 22.2. The smallest absolute Gasteiger partial charge is 0.273 e. The van der Waals surface area contributed by atoms with E-state index in [1.807, 2.05) is 60.7 Å². The number of nitrogens with zero attached hydrogens (tertiary/aromatic N) is 2. The standard InChI is InChI=1S/C26H23N3O3/c30-25(28-18-20-10-3-1-4-11-20)24(21-12-5-2-6-13-21)29(19-22-14-9-17-32-22)26(31)23-15-7-8-16-27-23/h1-17,24H,18-19H2,(H,28,30)/t24-/m0/s1. The SMILES string of the molecule is O=C(NCc1ccccc1)[C@H](c1ccccc1)N(Cc1ccco1)C(=O)c1ccccn1. The Balaban J connectivity index is 1.68. The molecule has 0 aliphatic rings. The average molecular weight is 425 g/mol. The van der Waals surface area contributed by atoms with E-state index in [0.717, 1.165) is 5.56 Å². The van der Waals surface area contributed by atoms with Crippen molar-refractivity contribution in [2.24, 2.45) is 0 Å². The first-order chi connectivity index (χ1) is 15.7. The molecule has 2 heterocycles. The fourth-order valence-corrected chi connectivity index (χ4v) is 3.48. The van der Waals surface area contributed by atoms with Gasteiger partial charge in [-0.3, -0.25) is 14.6 Å². The average Bonchev–Trinajstić information content (AvgIpc) is 3.37. The van der Waals surface area contributed by atoms with Crippen LogP contribution in [0.15, 0.2) is 108 Å². The summed E-state index contributed by atoms with van der Waals surface area (Å²) in [6, 6.07) is 26.7. The summed E-state index contributed by atoms with van der Waals surface area (Å²) >= 11 is 0. The molecule has 6 heteroatoms. The van der Waals surface area contributed by atoms with Gasteiger partial charge in [0.1, 0.15) is 17.5 Å². The summed E-state index contributed by atoms with van der Waals surface area (Å²) in [5.74, 6) is -0.0623. The minimum Gasteiger partial charge on any atom is -0.467 e. The number of nitrogens with one attached hydrogen (secondary N) is 1. The number of hydrogen-bond donors (Lipinski definition) is 1. The van der Waals surface area contributed by atoms with Gasteiger partial charge in [0, 0.05) is 12.7 Å². The van der Waals surface area contributed by atoms with E-state index in [1.54, 1.807) is 42.8 Å². The molecule has 4 aromatic rings. The summed E-state index contributed by atoms with van der Waals surface area (Å²) in [5, 5.41) is 2.98. The molecule has 0 aliphatic carbocycles. The first kappa shape index (κ1) is 21.1. The van der Waals surface area contributed by atoms with Crippen molar-refractivity contribution in [2.45, 2.75) is 19.1 Å². The van der Waals surface area contributed by atoms with Gasteiger partial charge in [0.05, 0.1) is 12.8 Å². The number of furan rings is 1. The number of aromatic nitrogens is 1. The third-order valence-electron chi connectivity index (χ3n) is 5.04. The molecule has 0 spiro atoms. The second kappa shape index (κ2) is 10.2. The van der Waals surface area contributed by atoms with E-state index in [9.17, 15) is 9.59 Å². The molecular weight excluding hydrogens is 402 g/mol. The zero-order valence-electron chi connectivity index (χ0n) is 17.4. The van der Waals surface area contributed by atoms with Crippen LogP contribution in [0.5, 0.6) is 0 Å². The van der Waals surface area contributed by atoms with Crippen molar-refractivity contribution in [1.29, 1.82) is 0 Å². The van der Waals surface area contributed by atoms with E-state index in [1.165, 1.54) is 4.90 Å². The van der Waals surface area contributed by atoms with Crippen LogP contribution in [0.25, 0.3) is 0 Å². The quantitative estimate of drug-likeness (QED) is 0.455. The van der Waals surface area contributed by atoms with Crippen LogP contribution >= 0.6 is 0 Å². The summed E-state index contributed by atoms with van der Waals surface area (Å²) in [4.78, 5) is 32.7. The Hall–Kier alpha value is -4.19. The van der Waals surface area contributed by atoms with Crippen molar-refractivity contribution in [1.82, 2.24) is 15.2 Å². The Morgan fingerprint density at radius 3 is 2.25 bits per heavy atom. The van der Waals surface area contributed by atoms with Crippen LogP contribution in [-0.4, -0.2) is 21.7 Å². The lowest BCUT2D eigenvalue weighted by molar-refractivity contribution is -0.126. The van der Waals surface area contributed by atoms with Crippen LogP contribution in [0, 0.1) is 0 Å². The summed E-state index contributed by atoms with van der Waals surface area (Å²) in [6.07, 6.45) is 3.11. The molecule has 1 atom stereocenters. The van der Waals surface area contributed by atoms with Crippen LogP contribution < -0.4 is 5.32 Å². The molecule has 0 aliphatic heterocycles. The number of pyridine rings is 1. The highest BCUT2D eigenvalue weighted by Crippen LogP contribution is 2.25. The summed E-state index contributed by atoms with van der Waals surface area (Å²) < 4.78 is 5.50. The van der Waals surface area contributed by atoms with Crippen molar-refractivity contribution in [3.63, 3.8) is 0 Å². The molecule has 2 aromatic carbocycles. The monoisotopic (exact) mass is 425 g/mol. The highest BCUT2D eigenvalue weighted by molar-refractivity contribution is 5.96. The third kappa shape index (κ3) is 5.10.